The predicted molar refractivity (Wildman–Crippen MR) is 118 cm³/mol. The molecule has 3 heterocycles. The molecule has 1 aliphatic rings. The number of H-pyrrole nitrogens is 2. The normalized spacial score (nSPS) is 12.5. The summed E-state index contributed by atoms with van der Waals surface area (Å²) < 4.78 is 10.6. The van der Waals surface area contributed by atoms with Gasteiger partial charge in [0.05, 0.1) is 12.0 Å². The number of benzene rings is 2. The summed E-state index contributed by atoms with van der Waals surface area (Å²) in [5, 5.41) is 15.3. The predicted octanol–water partition coefficient (Wildman–Crippen LogP) is 3.19. The SMILES string of the molecule is O=C(CSc1n[nH]c(N/N=C/c2c[nH]c3ccccc23)n1)Nc1ccc2c(c1)OCO2. The molecule has 4 N–H and O–H groups in total. The Morgan fingerprint density at radius 3 is 3.10 bits per heavy atom. The number of thioether (sulfide) groups is 1. The number of para-hydroxylation sites is 1. The van der Waals surface area contributed by atoms with E-state index in [1.54, 1.807) is 24.4 Å². The number of hydrogen-bond donors (Lipinski definition) is 4. The number of rotatable bonds is 7. The number of aromatic nitrogens is 4. The fourth-order valence-corrected chi connectivity index (χ4v) is 3.62. The minimum absolute atomic E-state index is 0.157. The Kier molecular flexibility index (Phi) is 5.15. The highest BCUT2D eigenvalue weighted by Gasteiger charge is 2.14. The molecular formula is C20H17N7O3S. The second kappa shape index (κ2) is 8.40. The minimum Gasteiger partial charge on any atom is -0.454 e. The standard InChI is InChI=1S/C20H17N7O3S/c28-18(23-13-5-6-16-17(7-13)30-11-29-16)10-31-20-24-19(26-27-20)25-22-9-12-8-21-15-4-2-1-3-14(12)15/h1-9,21H,10-11H2,(H,23,28)(H2,24,25,26,27)/b22-9+. The molecule has 31 heavy (non-hydrogen) atoms. The molecule has 156 valence electrons. The van der Waals surface area contributed by atoms with Crippen LogP contribution in [-0.2, 0) is 4.79 Å². The smallest absolute Gasteiger partial charge is 0.240 e. The van der Waals surface area contributed by atoms with E-state index in [0.29, 0.717) is 28.3 Å². The maximum absolute atomic E-state index is 12.2. The van der Waals surface area contributed by atoms with Gasteiger partial charge in [0, 0.05) is 34.4 Å². The van der Waals surface area contributed by atoms with Crippen molar-refractivity contribution in [2.24, 2.45) is 5.10 Å². The molecule has 0 atom stereocenters. The van der Waals surface area contributed by atoms with Crippen LogP contribution in [0.1, 0.15) is 5.56 Å². The Morgan fingerprint density at radius 2 is 2.13 bits per heavy atom. The molecule has 11 heteroatoms. The second-order valence-electron chi connectivity index (χ2n) is 6.53. The number of carbonyl (C=O) groups excluding carboxylic acids is 1. The van der Waals surface area contributed by atoms with Crippen molar-refractivity contribution in [1.82, 2.24) is 20.2 Å². The first-order chi connectivity index (χ1) is 15.2. The fraction of sp³-hybridized carbons (Fsp3) is 0.100. The van der Waals surface area contributed by atoms with Crippen LogP contribution in [0.15, 0.2) is 58.9 Å². The lowest BCUT2D eigenvalue weighted by Crippen LogP contribution is -2.14. The van der Waals surface area contributed by atoms with E-state index < -0.39 is 0 Å². The third kappa shape index (κ3) is 4.31. The van der Waals surface area contributed by atoms with Gasteiger partial charge in [0.2, 0.25) is 23.8 Å². The van der Waals surface area contributed by atoms with Crippen LogP contribution < -0.4 is 20.2 Å². The molecule has 0 saturated carbocycles. The third-order valence-electron chi connectivity index (χ3n) is 4.45. The Balaban J connectivity index is 1.12. The van der Waals surface area contributed by atoms with E-state index in [1.165, 1.54) is 11.8 Å². The Hall–Kier alpha value is -3.99. The molecule has 1 aliphatic heterocycles. The van der Waals surface area contributed by atoms with Gasteiger partial charge in [0.1, 0.15) is 0 Å². The van der Waals surface area contributed by atoms with Gasteiger partial charge in [-0.05, 0) is 18.2 Å². The molecular weight excluding hydrogens is 418 g/mol. The zero-order valence-electron chi connectivity index (χ0n) is 16.1. The molecule has 10 nitrogen and oxygen atoms in total. The average Bonchev–Trinajstić information content (AvgIpc) is 3.52. The topological polar surface area (TPSA) is 129 Å². The van der Waals surface area contributed by atoms with Crippen molar-refractivity contribution < 1.29 is 14.3 Å². The molecule has 2 aromatic heterocycles. The molecule has 1 amide bonds. The molecule has 4 aromatic rings. The van der Waals surface area contributed by atoms with Gasteiger partial charge >= 0.3 is 0 Å². The molecule has 2 aromatic carbocycles. The summed E-state index contributed by atoms with van der Waals surface area (Å²) in [7, 11) is 0. The molecule has 0 bridgehead atoms. The van der Waals surface area contributed by atoms with Gasteiger partial charge in [-0.15, -0.1) is 5.10 Å². The van der Waals surface area contributed by atoms with Gasteiger partial charge in [-0.2, -0.15) is 10.1 Å². The van der Waals surface area contributed by atoms with Gasteiger partial charge in [0.15, 0.2) is 11.5 Å². The van der Waals surface area contributed by atoms with Gasteiger partial charge in [0.25, 0.3) is 0 Å². The van der Waals surface area contributed by atoms with Crippen molar-refractivity contribution in [3.8, 4) is 11.5 Å². The first kappa shape index (κ1) is 19.0. The Bertz CT molecular complexity index is 1270. The van der Waals surface area contributed by atoms with Crippen LogP contribution in [-0.4, -0.2) is 44.8 Å². The van der Waals surface area contributed by atoms with Gasteiger partial charge in [-0.3, -0.25) is 4.79 Å². The Labute approximate surface area is 180 Å². The number of amides is 1. The number of carbonyl (C=O) groups is 1. The number of anilines is 2. The van der Waals surface area contributed by atoms with E-state index in [4.69, 9.17) is 9.47 Å². The van der Waals surface area contributed by atoms with Gasteiger partial charge in [-0.25, -0.2) is 10.5 Å². The highest BCUT2D eigenvalue weighted by molar-refractivity contribution is 7.99. The summed E-state index contributed by atoms with van der Waals surface area (Å²) in [5.41, 5.74) is 5.44. The lowest BCUT2D eigenvalue weighted by molar-refractivity contribution is -0.113. The summed E-state index contributed by atoms with van der Waals surface area (Å²) >= 11 is 1.21. The molecule has 0 radical (unpaired) electrons. The van der Waals surface area contributed by atoms with E-state index in [-0.39, 0.29) is 18.5 Å². The lowest BCUT2D eigenvalue weighted by Gasteiger charge is -2.05. The van der Waals surface area contributed by atoms with Crippen LogP contribution in [0, 0.1) is 0 Å². The van der Waals surface area contributed by atoms with E-state index in [0.717, 1.165) is 16.5 Å². The summed E-state index contributed by atoms with van der Waals surface area (Å²) in [6.07, 6.45) is 3.59. The minimum atomic E-state index is -0.180. The number of nitrogens with one attached hydrogen (secondary N) is 4. The quantitative estimate of drug-likeness (QED) is 0.199. The molecule has 0 saturated heterocycles. The average molecular weight is 435 g/mol. The van der Waals surface area contributed by atoms with E-state index >= 15 is 0 Å². The number of hydrazone groups is 1. The number of nitrogens with zero attached hydrogens (tertiary/aromatic N) is 3. The molecule has 0 aliphatic carbocycles. The molecule has 0 fully saturated rings. The monoisotopic (exact) mass is 435 g/mol. The second-order valence-corrected chi connectivity index (χ2v) is 7.47. The first-order valence-corrected chi connectivity index (χ1v) is 10.3. The highest BCUT2D eigenvalue weighted by Crippen LogP contribution is 2.34. The van der Waals surface area contributed by atoms with Crippen molar-refractivity contribution in [3.05, 3.63) is 54.2 Å². The van der Waals surface area contributed by atoms with Crippen molar-refractivity contribution in [3.63, 3.8) is 0 Å². The molecule has 0 spiro atoms. The van der Waals surface area contributed by atoms with Crippen LogP contribution in [0.3, 0.4) is 0 Å². The molecule has 5 rings (SSSR count). The van der Waals surface area contributed by atoms with E-state index in [9.17, 15) is 4.79 Å². The Morgan fingerprint density at radius 1 is 1.23 bits per heavy atom. The van der Waals surface area contributed by atoms with Crippen LogP contribution in [0.5, 0.6) is 11.5 Å². The number of ether oxygens (including phenoxy) is 2. The van der Waals surface area contributed by atoms with Crippen LogP contribution in [0.25, 0.3) is 10.9 Å². The highest BCUT2D eigenvalue weighted by atomic mass is 32.2. The van der Waals surface area contributed by atoms with E-state index in [1.807, 2.05) is 30.5 Å². The summed E-state index contributed by atoms with van der Waals surface area (Å²) in [4.78, 5) is 19.6. The summed E-state index contributed by atoms with van der Waals surface area (Å²) in [6.45, 7) is 0.190. The third-order valence-corrected chi connectivity index (χ3v) is 5.30. The van der Waals surface area contributed by atoms with Crippen LogP contribution >= 0.6 is 11.8 Å². The summed E-state index contributed by atoms with van der Waals surface area (Å²) in [6, 6.07) is 13.2. The number of hydrogen-bond acceptors (Lipinski definition) is 8. The van der Waals surface area contributed by atoms with Gasteiger partial charge < -0.3 is 19.8 Å². The van der Waals surface area contributed by atoms with Crippen molar-refractivity contribution in [1.29, 1.82) is 0 Å². The van der Waals surface area contributed by atoms with Crippen LogP contribution in [0.2, 0.25) is 0 Å². The molecule has 0 unspecified atom stereocenters. The zero-order valence-corrected chi connectivity index (χ0v) is 16.9. The first-order valence-electron chi connectivity index (χ1n) is 9.34. The number of aromatic amines is 2. The van der Waals surface area contributed by atoms with Gasteiger partial charge in [-0.1, -0.05) is 30.0 Å². The zero-order chi connectivity index (χ0) is 21.0. The largest absolute Gasteiger partial charge is 0.454 e. The van der Waals surface area contributed by atoms with Crippen molar-refractivity contribution in [2.45, 2.75) is 5.16 Å². The van der Waals surface area contributed by atoms with Crippen molar-refractivity contribution >= 4 is 46.4 Å². The van der Waals surface area contributed by atoms with E-state index in [2.05, 4.69) is 36.0 Å². The van der Waals surface area contributed by atoms with Crippen molar-refractivity contribution in [2.75, 3.05) is 23.3 Å². The maximum atomic E-state index is 12.2. The number of fused-ring (bicyclic) bond motifs is 2. The lowest BCUT2D eigenvalue weighted by atomic mass is 10.2. The maximum Gasteiger partial charge on any atom is 0.240 e. The fourth-order valence-electron chi connectivity index (χ4n) is 3.03. The van der Waals surface area contributed by atoms with Crippen LogP contribution in [0.4, 0.5) is 11.6 Å². The summed E-state index contributed by atoms with van der Waals surface area (Å²) in [5.74, 6) is 1.64.